The Balaban J connectivity index is 1.37. The van der Waals surface area contributed by atoms with Gasteiger partial charge in [0.15, 0.2) is 0 Å². The van der Waals surface area contributed by atoms with Crippen molar-refractivity contribution in [3.8, 4) is 0 Å². The topological polar surface area (TPSA) is 52.7 Å². The first-order chi connectivity index (χ1) is 14.3. The van der Waals surface area contributed by atoms with E-state index >= 15 is 0 Å². The van der Waals surface area contributed by atoms with E-state index in [9.17, 15) is 9.59 Å². The van der Waals surface area contributed by atoms with E-state index in [1.165, 1.54) is 22.3 Å². The predicted octanol–water partition coefficient (Wildman–Crippen LogP) is 1.78. The summed E-state index contributed by atoms with van der Waals surface area (Å²) in [4.78, 5) is 30.9. The Hall–Kier alpha value is -2.50. The molecule has 3 aliphatic carbocycles. The van der Waals surface area contributed by atoms with E-state index in [1.54, 1.807) is 4.90 Å². The van der Waals surface area contributed by atoms with Gasteiger partial charge in [-0.2, -0.15) is 0 Å². The van der Waals surface area contributed by atoms with E-state index in [2.05, 4.69) is 58.7 Å². The van der Waals surface area contributed by atoms with Crippen LogP contribution in [0.1, 0.15) is 34.1 Å². The molecule has 1 unspecified atom stereocenters. The van der Waals surface area contributed by atoms with Gasteiger partial charge in [0, 0.05) is 51.1 Å². The van der Waals surface area contributed by atoms with Crippen molar-refractivity contribution in [1.82, 2.24) is 15.1 Å². The standard InChI is InChI=1S/C24H25N3O2/c28-23-21-19-15-5-1-2-6-16(15)20(18-8-4-3-7-17(18)19)22(21)24(29)27(23)14-13-26-11-9-25-10-12-26/h1-8,19-22,25H,9-14H2/t19?,20?,21-,22?/m0/s1. The number of hydrogen-bond acceptors (Lipinski definition) is 4. The van der Waals surface area contributed by atoms with Gasteiger partial charge in [0.2, 0.25) is 11.8 Å². The van der Waals surface area contributed by atoms with Crippen molar-refractivity contribution >= 4 is 11.8 Å². The van der Waals surface area contributed by atoms with E-state index in [1.807, 2.05) is 0 Å². The fourth-order valence-electron chi connectivity index (χ4n) is 6.14. The molecule has 7 rings (SSSR count). The van der Waals surface area contributed by atoms with Crippen molar-refractivity contribution in [2.24, 2.45) is 11.8 Å². The van der Waals surface area contributed by atoms with Gasteiger partial charge in [0.25, 0.3) is 0 Å². The van der Waals surface area contributed by atoms with Crippen LogP contribution in [0.4, 0.5) is 0 Å². The highest BCUT2D eigenvalue weighted by Crippen LogP contribution is 2.60. The molecule has 2 bridgehead atoms. The molecule has 1 N–H and O–H groups in total. The van der Waals surface area contributed by atoms with E-state index in [-0.39, 0.29) is 35.5 Å². The number of hydrogen-bond donors (Lipinski definition) is 1. The monoisotopic (exact) mass is 387 g/mol. The van der Waals surface area contributed by atoms with Crippen LogP contribution in [-0.2, 0) is 9.59 Å². The van der Waals surface area contributed by atoms with Gasteiger partial charge in [-0.25, -0.2) is 0 Å². The Morgan fingerprint density at radius 3 is 1.62 bits per heavy atom. The largest absolute Gasteiger partial charge is 0.314 e. The van der Waals surface area contributed by atoms with Crippen LogP contribution in [0.2, 0.25) is 0 Å². The number of amides is 2. The molecule has 29 heavy (non-hydrogen) atoms. The molecule has 2 heterocycles. The summed E-state index contributed by atoms with van der Waals surface area (Å²) in [5.74, 6) is -0.431. The van der Waals surface area contributed by atoms with Gasteiger partial charge >= 0.3 is 0 Å². The molecule has 2 aromatic carbocycles. The Morgan fingerprint density at radius 2 is 1.17 bits per heavy atom. The Bertz CT molecular complexity index is 882. The van der Waals surface area contributed by atoms with Gasteiger partial charge < -0.3 is 5.32 Å². The number of likely N-dealkylation sites (tertiary alicyclic amines) is 1. The summed E-state index contributed by atoms with van der Waals surface area (Å²) in [6, 6.07) is 16.8. The van der Waals surface area contributed by atoms with Gasteiger partial charge in [-0.3, -0.25) is 19.4 Å². The van der Waals surface area contributed by atoms with Crippen molar-refractivity contribution in [1.29, 1.82) is 0 Å². The molecular weight excluding hydrogens is 362 g/mol. The fourth-order valence-corrected chi connectivity index (χ4v) is 6.14. The average molecular weight is 387 g/mol. The number of imide groups is 1. The molecule has 2 amide bonds. The number of nitrogens with one attached hydrogen (secondary N) is 1. The zero-order valence-electron chi connectivity index (χ0n) is 16.4. The lowest BCUT2D eigenvalue weighted by atomic mass is 9.55. The predicted molar refractivity (Wildman–Crippen MR) is 110 cm³/mol. The zero-order valence-corrected chi connectivity index (χ0v) is 16.4. The van der Waals surface area contributed by atoms with Crippen LogP contribution in [-0.4, -0.2) is 60.9 Å². The maximum Gasteiger partial charge on any atom is 0.234 e. The molecule has 2 atom stereocenters. The third-order valence-electron chi connectivity index (χ3n) is 7.39. The molecule has 2 aliphatic heterocycles. The quantitative estimate of drug-likeness (QED) is 0.816. The highest BCUT2D eigenvalue weighted by atomic mass is 16.2. The second kappa shape index (κ2) is 6.51. The lowest BCUT2D eigenvalue weighted by Gasteiger charge is -2.45. The Labute approximate surface area is 170 Å². The third-order valence-corrected chi connectivity index (χ3v) is 7.39. The fraction of sp³-hybridized carbons (Fsp3) is 0.417. The van der Waals surface area contributed by atoms with Crippen LogP contribution < -0.4 is 5.32 Å². The van der Waals surface area contributed by atoms with Crippen LogP contribution in [0.25, 0.3) is 0 Å². The summed E-state index contributed by atoms with van der Waals surface area (Å²) in [6.07, 6.45) is 0. The molecular formula is C24H25N3O2. The minimum absolute atomic E-state index is 0.00182. The van der Waals surface area contributed by atoms with Crippen LogP contribution in [0.5, 0.6) is 0 Å². The van der Waals surface area contributed by atoms with Crippen molar-refractivity contribution in [3.05, 3.63) is 70.8 Å². The molecule has 0 radical (unpaired) electrons. The molecule has 2 saturated heterocycles. The Morgan fingerprint density at radius 1 is 0.724 bits per heavy atom. The van der Waals surface area contributed by atoms with Gasteiger partial charge in [0.05, 0.1) is 11.8 Å². The van der Waals surface area contributed by atoms with E-state index < -0.39 is 0 Å². The number of carbonyl (C=O) groups is 2. The second-order valence-corrected chi connectivity index (χ2v) is 8.68. The number of nitrogens with zero attached hydrogens (tertiary/aromatic N) is 2. The maximum absolute atomic E-state index is 13.5. The SMILES string of the molecule is O=C1C2C3c4ccccc4C(c4ccccc43)[C@@H]2C(=O)N1CCN1CCNCC1. The number of piperazine rings is 1. The molecule has 148 valence electrons. The van der Waals surface area contributed by atoms with Crippen LogP contribution in [0.3, 0.4) is 0 Å². The van der Waals surface area contributed by atoms with Crippen molar-refractivity contribution in [2.75, 3.05) is 39.3 Å². The second-order valence-electron chi connectivity index (χ2n) is 8.68. The highest BCUT2D eigenvalue weighted by molar-refractivity contribution is 6.07. The number of benzene rings is 2. The van der Waals surface area contributed by atoms with Gasteiger partial charge in [0.1, 0.15) is 0 Å². The summed E-state index contributed by atoms with van der Waals surface area (Å²) in [5, 5.41) is 3.35. The van der Waals surface area contributed by atoms with Crippen molar-refractivity contribution < 1.29 is 9.59 Å². The van der Waals surface area contributed by atoms with E-state index in [4.69, 9.17) is 0 Å². The first kappa shape index (κ1) is 17.4. The minimum atomic E-state index is -0.250. The zero-order chi connectivity index (χ0) is 19.5. The molecule has 5 nitrogen and oxygen atoms in total. The number of carbonyl (C=O) groups excluding carboxylic acids is 2. The van der Waals surface area contributed by atoms with E-state index in [0.717, 1.165) is 32.7 Å². The van der Waals surface area contributed by atoms with Gasteiger partial charge in [-0.1, -0.05) is 48.5 Å². The molecule has 0 aromatic heterocycles. The summed E-state index contributed by atoms with van der Waals surface area (Å²) in [5.41, 5.74) is 4.95. The first-order valence-corrected chi connectivity index (χ1v) is 10.7. The maximum atomic E-state index is 13.5. The lowest BCUT2D eigenvalue weighted by Crippen LogP contribution is -2.47. The lowest BCUT2D eigenvalue weighted by molar-refractivity contribution is -0.140. The van der Waals surface area contributed by atoms with Crippen LogP contribution in [0, 0.1) is 11.8 Å². The summed E-state index contributed by atoms with van der Waals surface area (Å²) >= 11 is 0. The average Bonchev–Trinajstić information content (AvgIpc) is 3.03. The minimum Gasteiger partial charge on any atom is -0.314 e. The van der Waals surface area contributed by atoms with Crippen LogP contribution >= 0.6 is 0 Å². The summed E-state index contributed by atoms with van der Waals surface area (Å²) < 4.78 is 0. The molecule has 0 spiro atoms. The first-order valence-electron chi connectivity index (χ1n) is 10.7. The Kier molecular flexibility index (Phi) is 3.90. The molecule has 2 fully saturated rings. The van der Waals surface area contributed by atoms with Gasteiger partial charge in [-0.05, 0) is 22.3 Å². The molecule has 5 aliphatic rings. The molecule has 2 aromatic rings. The third kappa shape index (κ3) is 2.41. The van der Waals surface area contributed by atoms with Crippen molar-refractivity contribution in [2.45, 2.75) is 11.8 Å². The highest BCUT2D eigenvalue weighted by Gasteiger charge is 2.61. The van der Waals surface area contributed by atoms with Gasteiger partial charge in [-0.15, -0.1) is 0 Å². The van der Waals surface area contributed by atoms with E-state index in [0.29, 0.717) is 6.54 Å². The smallest absolute Gasteiger partial charge is 0.234 e. The van der Waals surface area contributed by atoms with Crippen LogP contribution in [0.15, 0.2) is 48.5 Å². The summed E-state index contributed by atoms with van der Waals surface area (Å²) in [7, 11) is 0. The number of rotatable bonds is 3. The summed E-state index contributed by atoms with van der Waals surface area (Å²) in [6.45, 7) is 5.19. The normalized spacial score (nSPS) is 30.3. The molecule has 0 saturated carbocycles. The van der Waals surface area contributed by atoms with Crippen molar-refractivity contribution in [3.63, 3.8) is 0 Å². The molecule has 5 heteroatoms.